The van der Waals surface area contributed by atoms with Crippen LogP contribution in [-0.2, 0) is 10.1 Å². The average Bonchev–Trinajstić information content (AvgIpc) is 2.57. The van der Waals surface area contributed by atoms with Gasteiger partial charge in [0.05, 0.1) is 4.90 Å². The van der Waals surface area contributed by atoms with Gasteiger partial charge in [-0.25, -0.2) is 0 Å². The SMILES string of the molecule is Cc1ccc(S(=O)(=O)O)cc1.c1cc[c]([BiH][c]2ccccc2)cc1. The maximum atomic E-state index is 10.5. The standard InChI is InChI=1S/C7H8O3S.2C6H5.Bi.H/c1-6-2-4-7(5-3-6)11(8,9)10;2*1-2-4-6-5-3-1;;/h2-5H,1H3,(H,8,9,10);2*1-5H;;. The Kier molecular flexibility index (Phi) is 7.10. The van der Waals surface area contributed by atoms with Crippen molar-refractivity contribution < 1.29 is 13.0 Å². The van der Waals surface area contributed by atoms with Crippen molar-refractivity contribution in [1.29, 1.82) is 0 Å². The summed E-state index contributed by atoms with van der Waals surface area (Å²) in [5.41, 5.74) is 0.956. The van der Waals surface area contributed by atoms with E-state index in [2.05, 4.69) is 60.7 Å². The van der Waals surface area contributed by atoms with Gasteiger partial charge in [-0.05, 0) is 19.1 Å². The Hall–Kier alpha value is -1.55. The molecular weight excluding hydrogens is 517 g/mol. The molecule has 24 heavy (non-hydrogen) atoms. The molecule has 0 heterocycles. The Bertz CT molecular complexity index is 809. The molecule has 0 fully saturated rings. The molecule has 5 heteroatoms. The van der Waals surface area contributed by atoms with E-state index in [1.165, 1.54) is 12.1 Å². The first-order valence-corrected chi connectivity index (χ1v) is 12.7. The van der Waals surface area contributed by atoms with E-state index in [9.17, 15) is 8.42 Å². The fourth-order valence-electron chi connectivity index (χ4n) is 1.92. The van der Waals surface area contributed by atoms with Crippen LogP contribution in [0.2, 0.25) is 0 Å². The second-order valence-electron chi connectivity index (χ2n) is 5.15. The van der Waals surface area contributed by atoms with Crippen LogP contribution in [-0.4, -0.2) is 36.2 Å². The van der Waals surface area contributed by atoms with Gasteiger partial charge in [-0.3, -0.25) is 4.55 Å². The van der Waals surface area contributed by atoms with Gasteiger partial charge in [0, 0.05) is 0 Å². The topological polar surface area (TPSA) is 54.4 Å². The summed E-state index contributed by atoms with van der Waals surface area (Å²) in [6, 6.07) is 27.7. The predicted octanol–water partition coefficient (Wildman–Crippen LogP) is 2.32. The molecule has 0 aromatic heterocycles. The van der Waals surface area contributed by atoms with E-state index in [1.807, 2.05) is 6.92 Å². The van der Waals surface area contributed by atoms with Gasteiger partial charge in [0.25, 0.3) is 10.1 Å². The summed E-state index contributed by atoms with van der Waals surface area (Å²) in [5.74, 6) is 0. The molecule has 0 bridgehead atoms. The zero-order valence-electron chi connectivity index (χ0n) is 13.3. The van der Waals surface area contributed by atoms with E-state index in [0.717, 1.165) is 5.56 Å². The van der Waals surface area contributed by atoms with Crippen molar-refractivity contribution >= 4 is 39.9 Å². The second kappa shape index (κ2) is 9.07. The van der Waals surface area contributed by atoms with E-state index in [0.29, 0.717) is 0 Å². The molecule has 0 saturated heterocycles. The Morgan fingerprint density at radius 2 is 1.12 bits per heavy atom. The third-order valence-corrected chi connectivity index (χ3v) is 8.86. The summed E-state index contributed by atoms with van der Waals surface area (Å²) in [6.07, 6.45) is 0. The molecule has 0 atom stereocenters. The summed E-state index contributed by atoms with van der Waals surface area (Å²) >= 11 is -0.740. The van der Waals surface area contributed by atoms with Crippen LogP contribution in [0, 0.1) is 6.92 Å². The van der Waals surface area contributed by atoms with Crippen LogP contribution < -0.4 is 6.54 Å². The molecule has 124 valence electrons. The van der Waals surface area contributed by atoms with Gasteiger partial charge < -0.3 is 0 Å². The van der Waals surface area contributed by atoms with Gasteiger partial charge in [0.15, 0.2) is 0 Å². The first kappa shape index (κ1) is 18.8. The molecule has 0 unspecified atom stereocenters. The van der Waals surface area contributed by atoms with Gasteiger partial charge >= 0.3 is 90.4 Å². The van der Waals surface area contributed by atoms with Gasteiger partial charge in [0.1, 0.15) is 0 Å². The van der Waals surface area contributed by atoms with E-state index in [1.54, 1.807) is 18.7 Å². The molecule has 0 spiro atoms. The van der Waals surface area contributed by atoms with Gasteiger partial charge in [-0.1, -0.05) is 17.7 Å². The van der Waals surface area contributed by atoms with Crippen LogP contribution in [0.25, 0.3) is 0 Å². The van der Waals surface area contributed by atoms with E-state index in [4.69, 9.17) is 4.55 Å². The average molecular weight is 536 g/mol. The van der Waals surface area contributed by atoms with Crippen molar-refractivity contribution in [3.63, 3.8) is 0 Å². The van der Waals surface area contributed by atoms with Crippen LogP contribution >= 0.6 is 0 Å². The molecule has 3 rings (SSSR count). The summed E-state index contributed by atoms with van der Waals surface area (Å²) < 4.78 is 32.7. The summed E-state index contributed by atoms with van der Waals surface area (Å²) in [4.78, 5) is -0.0666. The summed E-state index contributed by atoms with van der Waals surface area (Å²) in [7, 11) is -4.02. The third kappa shape index (κ3) is 6.52. The van der Waals surface area contributed by atoms with Crippen molar-refractivity contribution in [1.82, 2.24) is 0 Å². The van der Waals surface area contributed by atoms with Crippen molar-refractivity contribution in [3.05, 3.63) is 90.5 Å². The molecule has 3 nitrogen and oxygen atoms in total. The van der Waals surface area contributed by atoms with E-state index in [-0.39, 0.29) is 4.90 Å². The van der Waals surface area contributed by atoms with Gasteiger partial charge in [-0.15, -0.1) is 0 Å². The molecular formula is C19H19BiO3S. The minimum atomic E-state index is -4.02. The maximum absolute atomic E-state index is 10.5. The van der Waals surface area contributed by atoms with Crippen LogP contribution in [0.15, 0.2) is 89.8 Å². The molecule has 0 aliphatic carbocycles. The Balaban J connectivity index is 0.000000177. The minimum absolute atomic E-state index is 0.0666. The van der Waals surface area contributed by atoms with E-state index >= 15 is 0 Å². The van der Waals surface area contributed by atoms with Crippen molar-refractivity contribution in [2.24, 2.45) is 0 Å². The van der Waals surface area contributed by atoms with Crippen molar-refractivity contribution in [2.45, 2.75) is 11.8 Å². The number of benzene rings is 3. The molecule has 0 aliphatic heterocycles. The zero-order valence-corrected chi connectivity index (χ0v) is 18.0. The molecule has 3 aromatic carbocycles. The van der Waals surface area contributed by atoms with Crippen molar-refractivity contribution in [2.75, 3.05) is 0 Å². The van der Waals surface area contributed by atoms with Crippen LogP contribution in [0.4, 0.5) is 0 Å². The molecule has 0 amide bonds. The molecule has 0 radical (unpaired) electrons. The van der Waals surface area contributed by atoms with Gasteiger partial charge in [-0.2, -0.15) is 8.42 Å². The van der Waals surface area contributed by atoms with E-state index < -0.39 is 33.4 Å². The molecule has 3 aromatic rings. The normalized spacial score (nSPS) is 10.6. The third-order valence-electron chi connectivity index (χ3n) is 3.16. The Morgan fingerprint density at radius 1 is 0.708 bits per heavy atom. The number of rotatable bonds is 3. The molecule has 1 N–H and O–H groups in total. The van der Waals surface area contributed by atoms with Crippen LogP contribution in [0.1, 0.15) is 5.56 Å². The number of hydrogen-bond acceptors (Lipinski definition) is 2. The fraction of sp³-hybridized carbons (Fsp3) is 0.0526. The molecule has 0 saturated carbocycles. The first-order valence-electron chi connectivity index (χ1n) is 7.36. The number of hydrogen-bond donors (Lipinski definition) is 1. The Morgan fingerprint density at radius 3 is 1.50 bits per heavy atom. The summed E-state index contributed by atoms with van der Waals surface area (Å²) in [6.45, 7) is 1.84. The van der Waals surface area contributed by atoms with Crippen molar-refractivity contribution in [3.8, 4) is 0 Å². The fourth-order valence-corrected chi connectivity index (χ4v) is 6.49. The van der Waals surface area contributed by atoms with Gasteiger partial charge in [0.2, 0.25) is 0 Å². The predicted molar refractivity (Wildman–Crippen MR) is 100 cm³/mol. The Labute approximate surface area is 154 Å². The first-order chi connectivity index (χ1) is 11.4. The molecule has 0 aliphatic rings. The summed E-state index contributed by atoms with van der Waals surface area (Å²) in [5, 5.41) is 0. The zero-order chi connectivity index (χ0) is 17.4. The van der Waals surface area contributed by atoms with Crippen LogP contribution in [0.3, 0.4) is 0 Å². The number of aryl methyl sites for hydroxylation is 1. The second-order valence-corrected chi connectivity index (χ2v) is 12.0. The quantitative estimate of drug-likeness (QED) is 0.413. The monoisotopic (exact) mass is 536 g/mol. The van der Waals surface area contributed by atoms with Crippen LogP contribution in [0.5, 0.6) is 0 Å².